The molecule has 0 bridgehead atoms. The predicted molar refractivity (Wildman–Crippen MR) is 57.4 cm³/mol. The molecule has 0 aliphatic heterocycles. The van der Waals surface area contributed by atoms with Crippen molar-refractivity contribution >= 4 is 27.4 Å². The van der Waals surface area contributed by atoms with Gasteiger partial charge in [-0.1, -0.05) is 0 Å². The third kappa shape index (κ3) is 9.25. The Morgan fingerprint density at radius 1 is 1.11 bits per heavy atom. The van der Waals surface area contributed by atoms with Crippen molar-refractivity contribution in [2.75, 3.05) is 0 Å². The molecule has 0 spiro atoms. The molecule has 0 aromatic carbocycles. The molecule has 18 heavy (non-hydrogen) atoms. The van der Waals surface area contributed by atoms with E-state index in [4.69, 9.17) is 15.5 Å². The molecular weight excluding hydrogens is 292 g/mol. The number of hydrogen-bond donors (Lipinski definition) is 5. The molecule has 11 nitrogen and oxygen atoms in total. The number of carbonyl (C=O) groups is 2. The summed E-state index contributed by atoms with van der Waals surface area (Å²) < 4.78 is 28.7. The van der Waals surface area contributed by atoms with Crippen LogP contribution < -0.4 is 16.7 Å². The van der Waals surface area contributed by atoms with E-state index in [-0.39, 0.29) is 6.42 Å². The Morgan fingerprint density at radius 3 is 1.94 bits per heavy atom. The van der Waals surface area contributed by atoms with Crippen LogP contribution in [-0.2, 0) is 27.8 Å². The van der Waals surface area contributed by atoms with Gasteiger partial charge in [0.25, 0.3) is 0 Å². The summed E-state index contributed by atoms with van der Waals surface area (Å²) in [7, 11) is -8.96. The van der Waals surface area contributed by atoms with E-state index in [1.54, 1.807) is 0 Å². The lowest BCUT2D eigenvalue weighted by Crippen LogP contribution is -2.33. The highest BCUT2D eigenvalue weighted by molar-refractivity contribution is 7.50. The lowest BCUT2D eigenvalue weighted by Gasteiger charge is -2.12. The monoisotopic (exact) mass is 305 g/mol. The average Bonchev–Trinajstić information content (AvgIpc) is 2.08. The van der Waals surface area contributed by atoms with Crippen LogP contribution in [0, 0.1) is 0 Å². The van der Waals surface area contributed by atoms with Gasteiger partial charge < -0.3 is 24.6 Å². The smallest absolute Gasteiger partial charge is 0.380 e. The Bertz CT molecular complexity index is 413. The van der Waals surface area contributed by atoms with Crippen LogP contribution in [0.3, 0.4) is 0 Å². The van der Waals surface area contributed by atoms with Crippen molar-refractivity contribution in [3.63, 3.8) is 0 Å². The van der Waals surface area contributed by atoms with Gasteiger partial charge in [0, 0.05) is 6.42 Å². The minimum atomic E-state index is -4.51. The Hall–Kier alpha value is -0.800. The molecule has 0 aliphatic rings. The molecular formula is C5H13N3O8P2. The molecule has 0 saturated heterocycles. The van der Waals surface area contributed by atoms with Crippen molar-refractivity contribution in [2.45, 2.75) is 18.9 Å². The molecule has 2 unspecified atom stereocenters. The van der Waals surface area contributed by atoms with Crippen LogP contribution in [0.15, 0.2) is 0 Å². The molecule has 0 aromatic rings. The fourth-order valence-electron chi connectivity index (χ4n) is 0.779. The topological polar surface area (TPSA) is 205 Å². The van der Waals surface area contributed by atoms with Gasteiger partial charge in [-0.15, -0.1) is 0 Å². The Labute approximate surface area is 101 Å². The Morgan fingerprint density at radius 2 is 1.56 bits per heavy atom. The van der Waals surface area contributed by atoms with Gasteiger partial charge in [-0.25, -0.2) is 24.9 Å². The van der Waals surface area contributed by atoms with Crippen LogP contribution in [-0.4, -0.2) is 27.8 Å². The second-order valence-corrected chi connectivity index (χ2v) is 5.77. The normalized spacial score (nSPS) is 19.2. The molecule has 0 saturated carbocycles. The summed E-state index contributed by atoms with van der Waals surface area (Å²) in [6.45, 7) is 0. The maximum atomic E-state index is 11.0. The largest absolute Gasteiger partial charge is 0.455 e. The number of hydrogen-bond acceptors (Lipinski definition) is 7. The van der Waals surface area contributed by atoms with Crippen LogP contribution in [0.4, 0.5) is 0 Å². The van der Waals surface area contributed by atoms with Crippen LogP contribution in [0.2, 0.25) is 0 Å². The molecule has 106 valence electrons. The van der Waals surface area contributed by atoms with Crippen LogP contribution >= 0.6 is 15.5 Å². The number of nitrogens with two attached hydrogens (primary N) is 3. The standard InChI is InChI=1S/C5H13N3O8P2/c6-3(5(10)16-18(8,13)14)1-2-4(9)15-17(7,11)12/h3H,1-2,6H2,(H3,7,11,12)(H3,8,13,14)/t3-/m0/s1. The van der Waals surface area contributed by atoms with Crippen LogP contribution in [0.5, 0.6) is 0 Å². The first-order valence-electron chi connectivity index (χ1n) is 4.35. The van der Waals surface area contributed by atoms with Crippen molar-refractivity contribution in [2.24, 2.45) is 16.7 Å². The second kappa shape index (κ2) is 6.39. The molecule has 0 aromatic heterocycles. The van der Waals surface area contributed by atoms with E-state index in [1.807, 2.05) is 0 Å². The first-order valence-corrected chi connectivity index (χ1v) is 7.64. The summed E-state index contributed by atoms with van der Waals surface area (Å²) in [6.07, 6.45) is -0.865. The molecule has 0 radical (unpaired) electrons. The van der Waals surface area contributed by atoms with E-state index in [9.17, 15) is 18.7 Å². The third-order valence-electron chi connectivity index (χ3n) is 1.42. The van der Waals surface area contributed by atoms with Crippen molar-refractivity contribution < 1.29 is 37.6 Å². The quantitative estimate of drug-likeness (QED) is 0.349. The lowest BCUT2D eigenvalue weighted by atomic mass is 10.2. The predicted octanol–water partition coefficient (Wildman–Crippen LogP) is -1.70. The van der Waals surface area contributed by atoms with Gasteiger partial charge in [0.05, 0.1) is 0 Å². The third-order valence-corrected chi connectivity index (χ3v) is 2.32. The second-order valence-electron chi connectivity index (χ2n) is 3.15. The van der Waals surface area contributed by atoms with Gasteiger partial charge in [-0.2, -0.15) is 0 Å². The zero-order chi connectivity index (χ0) is 14.6. The highest BCUT2D eigenvalue weighted by Gasteiger charge is 2.25. The highest BCUT2D eigenvalue weighted by Crippen LogP contribution is 2.33. The first-order chi connectivity index (χ1) is 7.91. The number of rotatable bonds is 6. The van der Waals surface area contributed by atoms with Crippen molar-refractivity contribution in [3.05, 3.63) is 0 Å². The van der Waals surface area contributed by atoms with E-state index < -0.39 is 39.9 Å². The van der Waals surface area contributed by atoms with Crippen molar-refractivity contribution in [1.82, 2.24) is 0 Å². The SMILES string of the molecule is N[C@@H](CCC(=O)OP(N)(=O)O)C(=O)OP(N)(=O)O. The molecule has 13 heteroatoms. The van der Waals surface area contributed by atoms with Gasteiger partial charge in [0.2, 0.25) is 0 Å². The van der Waals surface area contributed by atoms with Crippen molar-refractivity contribution in [1.29, 1.82) is 0 Å². The Kier molecular flexibility index (Phi) is 6.11. The van der Waals surface area contributed by atoms with E-state index in [0.29, 0.717) is 0 Å². The Balaban J connectivity index is 4.15. The molecule has 0 rings (SSSR count). The van der Waals surface area contributed by atoms with Gasteiger partial charge >= 0.3 is 27.4 Å². The summed E-state index contributed by atoms with van der Waals surface area (Å²) >= 11 is 0. The lowest BCUT2D eigenvalue weighted by molar-refractivity contribution is -0.137. The summed E-state index contributed by atoms with van der Waals surface area (Å²) in [5.74, 6) is -2.46. The van der Waals surface area contributed by atoms with Gasteiger partial charge in [-0.3, -0.25) is 4.79 Å². The van der Waals surface area contributed by atoms with Gasteiger partial charge in [0.15, 0.2) is 0 Å². The van der Waals surface area contributed by atoms with Gasteiger partial charge in [-0.05, 0) is 6.42 Å². The van der Waals surface area contributed by atoms with Gasteiger partial charge in [0.1, 0.15) is 6.04 Å². The maximum absolute atomic E-state index is 11.0. The molecule has 0 fully saturated rings. The fourth-order valence-corrected chi connectivity index (χ4v) is 1.56. The zero-order valence-electron chi connectivity index (χ0n) is 8.96. The fraction of sp³-hybridized carbons (Fsp3) is 0.600. The van der Waals surface area contributed by atoms with E-state index in [0.717, 1.165) is 0 Å². The average molecular weight is 305 g/mol. The summed E-state index contributed by atoms with van der Waals surface area (Å²) in [6, 6.07) is -1.42. The molecule has 8 N–H and O–H groups in total. The molecule has 0 heterocycles. The minimum Gasteiger partial charge on any atom is -0.380 e. The molecule has 0 aliphatic carbocycles. The van der Waals surface area contributed by atoms with E-state index in [2.05, 4.69) is 20.1 Å². The molecule has 0 amide bonds. The van der Waals surface area contributed by atoms with E-state index >= 15 is 0 Å². The number of carbonyl (C=O) groups excluding carboxylic acids is 2. The summed E-state index contributed by atoms with van der Waals surface area (Å²) in [4.78, 5) is 38.9. The summed E-state index contributed by atoms with van der Waals surface area (Å²) in [5.41, 5.74) is 14.3. The van der Waals surface area contributed by atoms with Crippen LogP contribution in [0.1, 0.15) is 12.8 Å². The first kappa shape index (κ1) is 17.2. The molecule has 3 atom stereocenters. The maximum Gasteiger partial charge on any atom is 0.455 e. The highest BCUT2D eigenvalue weighted by atomic mass is 31.2. The summed E-state index contributed by atoms with van der Waals surface area (Å²) in [5, 5.41) is 0. The minimum absolute atomic E-state index is 0.350. The van der Waals surface area contributed by atoms with E-state index in [1.165, 1.54) is 0 Å². The van der Waals surface area contributed by atoms with Crippen molar-refractivity contribution in [3.8, 4) is 0 Å². The zero-order valence-corrected chi connectivity index (χ0v) is 10.8. The van der Waals surface area contributed by atoms with Crippen LogP contribution in [0.25, 0.3) is 0 Å².